The Balaban J connectivity index is 2.75. The Morgan fingerprint density at radius 2 is 2.19 bits per heavy atom. The lowest BCUT2D eigenvalue weighted by molar-refractivity contribution is 0.0995. The number of hydrogen-bond acceptors (Lipinski definition) is 4. The van der Waals surface area contributed by atoms with Crippen molar-refractivity contribution < 1.29 is 4.79 Å². The second-order valence-electron chi connectivity index (χ2n) is 3.11. The highest BCUT2D eigenvalue weighted by Crippen LogP contribution is 2.27. The zero-order valence-corrected chi connectivity index (χ0v) is 9.97. The fourth-order valence-electron chi connectivity index (χ4n) is 1.34. The fourth-order valence-corrected chi connectivity index (χ4v) is 2.06. The van der Waals surface area contributed by atoms with E-state index in [4.69, 9.17) is 17.3 Å². The SMILES string of the molecule is CSc1ccc2nnc(C(N)=O)c(Cl)c2c1. The van der Waals surface area contributed by atoms with Crippen molar-refractivity contribution in [3.05, 3.63) is 28.9 Å². The summed E-state index contributed by atoms with van der Waals surface area (Å²) in [6.07, 6.45) is 1.96. The van der Waals surface area contributed by atoms with Crippen LogP contribution in [0, 0.1) is 0 Å². The van der Waals surface area contributed by atoms with Crippen molar-refractivity contribution in [1.29, 1.82) is 0 Å². The molecular formula is C10H8ClN3OS. The highest BCUT2D eigenvalue weighted by Gasteiger charge is 2.13. The molecule has 0 fully saturated rings. The minimum atomic E-state index is -0.672. The van der Waals surface area contributed by atoms with Gasteiger partial charge in [-0.05, 0) is 24.5 Å². The lowest BCUT2D eigenvalue weighted by atomic mass is 10.2. The Hall–Kier alpha value is -1.33. The number of carbonyl (C=O) groups is 1. The smallest absolute Gasteiger partial charge is 0.270 e. The average Bonchev–Trinajstić information content (AvgIpc) is 2.28. The highest BCUT2D eigenvalue weighted by molar-refractivity contribution is 7.98. The number of halogens is 1. The lowest BCUT2D eigenvalue weighted by Crippen LogP contribution is -2.14. The van der Waals surface area contributed by atoms with Gasteiger partial charge in [0.25, 0.3) is 5.91 Å². The van der Waals surface area contributed by atoms with E-state index in [1.54, 1.807) is 11.8 Å². The first-order valence-corrected chi connectivity index (χ1v) is 6.03. The van der Waals surface area contributed by atoms with Gasteiger partial charge in [0.15, 0.2) is 5.69 Å². The molecule has 0 unspecified atom stereocenters. The Kier molecular flexibility index (Phi) is 2.98. The molecule has 1 aromatic heterocycles. The zero-order valence-electron chi connectivity index (χ0n) is 8.40. The molecule has 1 aromatic carbocycles. The molecule has 0 radical (unpaired) electrons. The van der Waals surface area contributed by atoms with E-state index < -0.39 is 5.91 Å². The molecule has 0 aliphatic carbocycles. The first-order valence-electron chi connectivity index (χ1n) is 4.43. The van der Waals surface area contributed by atoms with E-state index in [9.17, 15) is 4.79 Å². The minimum Gasteiger partial charge on any atom is -0.364 e. The van der Waals surface area contributed by atoms with E-state index in [-0.39, 0.29) is 10.7 Å². The van der Waals surface area contributed by atoms with Crippen LogP contribution in [0.3, 0.4) is 0 Å². The van der Waals surface area contributed by atoms with Crippen LogP contribution in [0.2, 0.25) is 5.02 Å². The van der Waals surface area contributed by atoms with Crippen LogP contribution in [-0.2, 0) is 0 Å². The van der Waals surface area contributed by atoms with Crippen molar-refractivity contribution in [1.82, 2.24) is 10.2 Å². The maximum Gasteiger partial charge on any atom is 0.270 e. The molecule has 0 spiro atoms. The average molecular weight is 254 g/mol. The number of aromatic nitrogens is 2. The largest absolute Gasteiger partial charge is 0.364 e. The molecule has 0 bridgehead atoms. The predicted octanol–water partition coefficient (Wildman–Crippen LogP) is 2.10. The van der Waals surface area contributed by atoms with Crippen LogP contribution >= 0.6 is 23.4 Å². The molecule has 1 heterocycles. The topological polar surface area (TPSA) is 68.9 Å². The van der Waals surface area contributed by atoms with Gasteiger partial charge in [-0.15, -0.1) is 22.0 Å². The zero-order chi connectivity index (χ0) is 11.7. The number of hydrogen-bond donors (Lipinski definition) is 1. The number of primary amides is 1. The number of carbonyl (C=O) groups excluding carboxylic acids is 1. The normalized spacial score (nSPS) is 10.6. The van der Waals surface area contributed by atoms with E-state index in [2.05, 4.69) is 10.2 Å². The van der Waals surface area contributed by atoms with Crippen molar-refractivity contribution in [3.63, 3.8) is 0 Å². The molecule has 1 amide bonds. The number of benzene rings is 1. The molecule has 16 heavy (non-hydrogen) atoms. The summed E-state index contributed by atoms with van der Waals surface area (Å²) >= 11 is 7.64. The predicted molar refractivity (Wildman–Crippen MR) is 64.8 cm³/mol. The minimum absolute atomic E-state index is 0.00687. The van der Waals surface area contributed by atoms with Crippen LogP contribution in [0.25, 0.3) is 10.9 Å². The molecule has 82 valence electrons. The number of nitrogens with two attached hydrogens (primary N) is 1. The van der Waals surface area contributed by atoms with E-state index in [0.717, 1.165) is 4.90 Å². The number of thioether (sulfide) groups is 1. The van der Waals surface area contributed by atoms with Crippen molar-refractivity contribution in [2.75, 3.05) is 6.26 Å². The summed E-state index contributed by atoms with van der Waals surface area (Å²) in [4.78, 5) is 12.1. The van der Waals surface area contributed by atoms with E-state index >= 15 is 0 Å². The molecule has 4 nitrogen and oxygen atoms in total. The summed E-state index contributed by atoms with van der Waals surface area (Å²) in [5, 5.41) is 8.54. The lowest BCUT2D eigenvalue weighted by Gasteiger charge is -2.04. The van der Waals surface area contributed by atoms with E-state index in [1.165, 1.54) is 0 Å². The summed E-state index contributed by atoms with van der Waals surface area (Å²) in [6.45, 7) is 0. The number of amides is 1. The van der Waals surface area contributed by atoms with Crippen molar-refractivity contribution in [3.8, 4) is 0 Å². The summed E-state index contributed by atoms with van der Waals surface area (Å²) in [7, 11) is 0. The summed E-state index contributed by atoms with van der Waals surface area (Å²) in [5.74, 6) is -0.672. The van der Waals surface area contributed by atoms with E-state index in [0.29, 0.717) is 10.9 Å². The first-order chi connectivity index (χ1) is 7.63. The van der Waals surface area contributed by atoms with Crippen molar-refractivity contribution in [2.24, 2.45) is 5.73 Å². The second-order valence-corrected chi connectivity index (χ2v) is 4.37. The number of nitrogens with zero attached hydrogens (tertiary/aromatic N) is 2. The molecule has 2 N–H and O–H groups in total. The molecule has 0 aliphatic rings. The third kappa shape index (κ3) is 1.83. The van der Waals surface area contributed by atoms with Crippen LogP contribution in [0.4, 0.5) is 0 Å². The van der Waals surface area contributed by atoms with Gasteiger partial charge < -0.3 is 5.73 Å². The Bertz CT molecular complexity index is 573. The monoisotopic (exact) mass is 253 g/mol. The Morgan fingerprint density at radius 1 is 1.44 bits per heavy atom. The molecule has 0 aliphatic heterocycles. The molecule has 0 saturated heterocycles. The van der Waals surface area contributed by atoms with Crippen LogP contribution in [0.5, 0.6) is 0 Å². The molecule has 0 saturated carbocycles. The summed E-state index contributed by atoms with van der Waals surface area (Å²) < 4.78 is 0. The van der Waals surface area contributed by atoms with Gasteiger partial charge in [-0.1, -0.05) is 11.6 Å². The third-order valence-electron chi connectivity index (χ3n) is 2.14. The molecular weight excluding hydrogens is 246 g/mol. The van der Waals surface area contributed by atoms with Crippen LogP contribution in [0.1, 0.15) is 10.5 Å². The Labute approximate surface area is 101 Å². The third-order valence-corrected chi connectivity index (χ3v) is 3.25. The second kappa shape index (κ2) is 4.27. The van der Waals surface area contributed by atoms with Crippen molar-refractivity contribution >= 4 is 40.2 Å². The van der Waals surface area contributed by atoms with E-state index in [1.807, 2.05) is 24.5 Å². The van der Waals surface area contributed by atoms with Gasteiger partial charge in [-0.2, -0.15) is 0 Å². The van der Waals surface area contributed by atoms with Gasteiger partial charge in [0.2, 0.25) is 0 Å². The quantitative estimate of drug-likeness (QED) is 0.833. The molecule has 0 atom stereocenters. The maximum absolute atomic E-state index is 11.0. The highest BCUT2D eigenvalue weighted by atomic mass is 35.5. The molecule has 2 rings (SSSR count). The van der Waals surface area contributed by atoms with Gasteiger partial charge in [0.05, 0.1) is 10.5 Å². The van der Waals surface area contributed by atoms with Crippen LogP contribution in [-0.4, -0.2) is 22.4 Å². The number of fused-ring (bicyclic) bond motifs is 1. The molecule has 2 aromatic rings. The maximum atomic E-state index is 11.0. The van der Waals surface area contributed by atoms with Crippen molar-refractivity contribution in [2.45, 2.75) is 4.90 Å². The first kappa shape index (κ1) is 11.2. The fraction of sp³-hybridized carbons (Fsp3) is 0.100. The number of rotatable bonds is 2. The van der Waals surface area contributed by atoms with Gasteiger partial charge >= 0.3 is 0 Å². The van der Waals surface area contributed by atoms with Crippen LogP contribution < -0.4 is 5.73 Å². The van der Waals surface area contributed by atoms with Crippen LogP contribution in [0.15, 0.2) is 23.1 Å². The van der Waals surface area contributed by atoms with Gasteiger partial charge in [0.1, 0.15) is 0 Å². The standard InChI is InChI=1S/C10H8ClN3OS/c1-16-5-2-3-7-6(4-5)8(11)9(10(12)15)14-13-7/h2-4H,1H3,(H2,12,15). The summed E-state index contributed by atoms with van der Waals surface area (Å²) in [6, 6.07) is 5.59. The Morgan fingerprint density at radius 3 is 2.81 bits per heavy atom. The summed E-state index contributed by atoms with van der Waals surface area (Å²) in [5.41, 5.74) is 5.80. The van der Waals surface area contributed by atoms with Gasteiger partial charge in [0, 0.05) is 10.3 Å². The molecule has 6 heteroatoms. The van der Waals surface area contributed by atoms with Gasteiger partial charge in [-0.3, -0.25) is 4.79 Å². The van der Waals surface area contributed by atoms with Gasteiger partial charge in [-0.25, -0.2) is 0 Å².